The van der Waals surface area contributed by atoms with E-state index < -0.39 is 5.97 Å². The van der Waals surface area contributed by atoms with Gasteiger partial charge in [0.25, 0.3) is 0 Å². The van der Waals surface area contributed by atoms with Gasteiger partial charge in [-0.05, 0) is 11.5 Å². The van der Waals surface area contributed by atoms with Crippen molar-refractivity contribution in [3.8, 4) is 0 Å². The molecule has 2 aromatic heterocycles. The van der Waals surface area contributed by atoms with Crippen molar-refractivity contribution in [3.63, 3.8) is 0 Å². The van der Waals surface area contributed by atoms with E-state index >= 15 is 0 Å². The molecule has 0 spiro atoms. The van der Waals surface area contributed by atoms with Gasteiger partial charge < -0.3 is 15.8 Å². The molecule has 0 saturated carbocycles. The molecule has 0 aliphatic rings. The molecule has 2 rings (SSSR count). The first-order valence-corrected chi connectivity index (χ1v) is 6.32. The zero-order valence-electron chi connectivity index (χ0n) is 8.97. The first-order valence-electron chi connectivity index (χ1n) is 4.67. The minimum Gasteiger partial charge on any atom is -0.465 e. The molecule has 90 valence electrons. The van der Waals surface area contributed by atoms with Crippen molar-refractivity contribution < 1.29 is 9.53 Å². The van der Waals surface area contributed by atoms with E-state index in [0.29, 0.717) is 17.1 Å². The number of thiazole rings is 1. The number of nitrogen functional groups attached to an aromatic ring is 1. The van der Waals surface area contributed by atoms with Gasteiger partial charge in [0.1, 0.15) is 10.6 Å². The Morgan fingerprint density at radius 1 is 1.65 bits per heavy atom. The first-order chi connectivity index (χ1) is 8.22. The van der Waals surface area contributed by atoms with Crippen molar-refractivity contribution in [1.82, 2.24) is 9.36 Å². The van der Waals surface area contributed by atoms with Crippen LogP contribution in [0.2, 0.25) is 0 Å². The minimum absolute atomic E-state index is 0.189. The van der Waals surface area contributed by atoms with Gasteiger partial charge in [-0.15, -0.1) is 11.3 Å². The summed E-state index contributed by atoms with van der Waals surface area (Å²) in [4.78, 5) is 16.5. The molecule has 0 unspecified atom stereocenters. The van der Waals surface area contributed by atoms with Crippen molar-refractivity contribution in [1.29, 1.82) is 0 Å². The average molecular weight is 270 g/mol. The molecule has 0 bridgehead atoms. The van der Waals surface area contributed by atoms with Crippen molar-refractivity contribution in [2.45, 2.75) is 6.54 Å². The predicted molar refractivity (Wildman–Crippen MR) is 67.3 cm³/mol. The van der Waals surface area contributed by atoms with Crippen LogP contribution in [0.25, 0.3) is 0 Å². The van der Waals surface area contributed by atoms with E-state index in [4.69, 9.17) is 5.73 Å². The number of esters is 1. The molecule has 6 nitrogen and oxygen atoms in total. The van der Waals surface area contributed by atoms with E-state index in [1.54, 1.807) is 11.7 Å². The predicted octanol–water partition coefficient (Wildman–Crippen LogP) is 1.58. The Hall–Kier alpha value is -1.67. The Balaban J connectivity index is 2.13. The highest BCUT2D eigenvalue weighted by molar-refractivity contribution is 7.11. The zero-order valence-corrected chi connectivity index (χ0v) is 10.6. The molecule has 0 fully saturated rings. The van der Waals surface area contributed by atoms with E-state index in [9.17, 15) is 4.79 Å². The van der Waals surface area contributed by atoms with Crippen molar-refractivity contribution in [3.05, 3.63) is 22.1 Å². The molecule has 2 aromatic rings. The van der Waals surface area contributed by atoms with Gasteiger partial charge in [0.15, 0.2) is 5.82 Å². The Morgan fingerprint density at radius 3 is 3.12 bits per heavy atom. The fourth-order valence-corrected chi connectivity index (χ4v) is 2.45. The van der Waals surface area contributed by atoms with Crippen molar-refractivity contribution in [2.75, 3.05) is 18.2 Å². The second-order valence-corrected chi connectivity index (χ2v) is 4.83. The average Bonchev–Trinajstić information content (AvgIpc) is 2.95. The highest BCUT2D eigenvalue weighted by Gasteiger charge is 2.19. The molecule has 0 amide bonds. The summed E-state index contributed by atoms with van der Waals surface area (Å²) in [6.07, 6.45) is 1.76. The third kappa shape index (κ3) is 2.53. The molecule has 0 atom stereocenters. The molecular weight excluding hydrogens is 260 g/mol. The van der Waals surface area contributed by atoms with E-state index in [2.05, 4.69) is 19.4 Å². The summed E-state index contributed by atoms with van der Waals surface area (Å²) in [5, 5.41) is 3.71. The lowest BCUT2D eigenvalue weighted by Gasteiger charge is -2.03. The van der Waals surface area contributed by atoms with Gasteiger partial charge in [0.05, 0.1) is 19.2 Å². The molecule has 17 heavy (non-hydrogen) atoms. The summed E-state index contributed by atoms with van der Waals surface area (Å²) in [6, 6.07) is 0. The second kappa shape index (κ2) is 5.11. The maximum atomic E-state index is 11.5. The van der Waals surface area contributed by atoms with Gasteiger partial charge >= 0.3 is 5.97 Å². The summed E-state index contributed by atoms with van der Waals surface area (Å²) in [5.41, 5.74) is 7.66. The molecule has 2 heterocycles. The van der Waals surface area contributed by atoms with Gasteiger partial charge in [0, 0.05) is 11.1 Å². The van der Waals surface area contributed by atoms with Crippen LogP contribution in [-0.4, -0.2) is 22.4 Å². The Morgan fingerprint density at radius 2 is 2.47 bits per heavy atom. The molecule has 3 N–H and O–H groups in total. The number of methoxy groups -OCH3 is 1. The van der Waals surface area contributed by atoms with E-state index in [1.165, 1.54) is 18.4 Å². The van der Waals surface area contributed by atoms with Crippen LogP contribution in [-0.2, 0) is 11.3 Å². The zero-order chi connectivity index (χ0) is 12.3. The third-order valence-electron chi connectivity index (χ3n) is 2.01. The molecule has 8 heteroatoms. The summed E-state index contributed by atoms with van der Waals surface area (Å²) in [5.74, 6) is -0.295. The topological polar surface area (TPSA) is 90.1 Å². The number of hydrogen-bond acceptors (Lipinski definition) is 8. The van der Waals surface area contributed by atoms with Crippen molar-refractivity contribution in [2.24, 2.45) is 0 Å². The number of carbonyl (C=O) groups is 1. The number of carbonyl (C=O) groups excluding carboxylic acids is 1. The maximum absolute atomic E-state index is 11.5. The highest BCUT2D eigenvalue weighted by Crippen LogP contribution is 2.28. The van der Waals surface area contributed by atoms with Crippen molar-refractivity contribution >= 4 is 39.7 Å². The Bertz CT molecular complexity index is 509. The van der Waals surface area contributed by atoms with Crippen LogP contribution in [0.15, 0.2) is 11.7 Å². The number of aromatic nitrogens is 2. The molecule has 0 saturated heterocycles. The number of nitrogens with two attached hydrogens (primary N) is 1. The quantitative estimate of drug-likeness (QED) is 0.820. The van der Waals surface area contributed by atoms with Gasteiger partial charge in [-0.3, -0.25) is 4.98 Å². The van der Waals surface area contributed by atoms with Crippen LogP contribution >= 0.6 is 22.9 Å². The van der Waals surface area contributed by atoms with E-state index in [-0.39, 0.29) is 5.82 Å². The van der Waals surface area contributed by atoms with Gasteiger partial charge in [-0.25, -0.2) is 4.79 Å². The van der Waals surface area contributed by atoms with Crippen LogP contribution in [0.3, 0.4) is 0 Å². The van der Waals surface area contributed by atoms with Gasteiger partial charge in [-0.2, -0.15) is 4.37 Å². The molecule has 0 radical (unpaired) electrons. The Labute approximate surface area is 106 Å². The lowest BCUT2D eigenvalue weighted by molar-refractivity contribution is 0.0603. The van der Waals surface area contributed by atoms with Gasteiger partial charge in [-0.1, -0.05) is 0 Å². The molecular formula is C9H10N4O2S2. The van der Waals surface area contributed by atoms with Crippen LogP contribution in [0.1, 0.15) is 15.2 Å². The summed E-state index contributed by atoms with van der Waals surface area (Å²) in [7, 11) is 1.31. The summed E-state index contributed by atoms with van der Waals surface area (Å²) >= 11 is 2.67. The second-order valence-electron chi connectivity index (χ2n) is 3.08. The Kier molecular flexibility index (Phi) is 3.55. The fourth-order valence-electron chi connectivity index (χ4n) is 1.22. The standard InChI is InChI=1S/C9H10N4O2S2/c1-15-9(14)6-7(10)13-17-8(6)12-3-5-2-11-4-16-5/h2,4,12H,3H2,1H3,(H2,10,13). The van der Waals surface area contributed by atoms with Crippen LogP contribution in [0, 0.1) is 0 Å². The lowest BCUT2D eigenvalue weighted by Crippen LogP contribution is -2.07. The third-order valence-corrected chi connectivity index (χ3v) is 3.61. The number of rotatable bonds is 4. The normalized spacial score (nSPS) is 10.2. The van der Waals surface area contributed by atoms with E-state index in [1.807, 2.05) is 0 Å². The minimum atomic E-state index is -0.483. The summed E-state index contributed by atoms with van der Waals surface area (Å²) in [6.45, 7) is 0.580. The molecule has 0 aliphatic carbocycles. The largest absolute Gasteiger partial charge is 0.465 e. The fraction of sp³-hybridized carbons (Fsp3) is 0.222. The van der Waals surface area contributed by atoms with Crippen LogP contribution in [0.4, 0.5) is 10.8 Å². The smallest absolute Gasteiger partial charge is 0.344 e. The lowest BCUT2D eigenvalue weighted by atomic mass is 10.3. The van der Waals surface area contributed by atoms with Crippen LogP contribution in [0.5, 0.6) is 0 Å². The number of ether oxygens (including phenoxy) is 1. The number of hydrogen-bond donors (Lipinski definition) is 2. The van der Waals surface area contributed by atoms with Crippen LogP contribution < -0.4 is 11.1 Å². The van der Waals surface area contributed by atoms with E-state index in [0.717, 1.165) is 16.4 Å². The SMILES string of the molecule is COC(=O)c1c(N)nsc1NCc1cncs1. The van der Waals surface area contributed by atoms with Gasteiger partial charge in [0.2, 0.25) is 0 Å². The molecule has 0 aromatic carbocycles. The highest BCUT2D eigenvalue weighted by atomic mass is 32.1. The number of nitrogens with zero attached hydrogens (tertiary/aromatic N) is 2. The maximum Gasteiger partial charge on any atom is 0.344 e. The number of anilines is 2. The monoisotopic (exact) mass is 270 g/mol. The first kappa shape index (κ1) is 11.8. The number of nitrogens with one attached hydrogen (secondary N) is 1. The molecule has 0 aliphatic heterocycles. The summed E-state index contributed by atoms with van der Waals surface area (Å²) < 4.78 is 8.58.